The molecule has 4 amide bonds. The number of carbonyl (C=O) groups excluding carboxylic acids is 3. The Bertz CT molecular complexity index is 1670. The van der Waals surface area contributed by atoms with Gasteiger partial charge in [0.1, 0.15) is 17.9 Å². The van der Waals surface area contributed by atoms with E-state index in [9.17, 15) is 14.4 Å². The van der Waals surface area contributed by atoms with E-state index in [0.717, 1.165) is 32.4 Å². The Labute approximate surface area is 231 Å². The number of anilines is 1. The minimum Gasteiger partial charge on any atom is -0.489 e. The zero-order valence-electron chi connectivity index (χ0n) is 21.2. The Hall–Kier alpha value is -4.68. The molecule has 6 nitrogen and oxygen atoms in total. The van der Waals surface area contributed by atoms with Gasteiger partial charge in [0, 0.05) is 5.02 Å². The number of nitrogens with zero attached hydrogens (tertiary/aromatic N) is 1. The zero-order chi connectivity index (χ0) is 27.5. The van der Waals surface area contributed by atoms with Crippen molar-refractivity contribution in [2.24, 2.45) is 0 Å². The Morgan fingerprint density at radius 3 is 2.54 bits per heavy atom. The van der Waals surface area contributed by atoms with E-state index in [1.54, 1.807) is 24.3 Å². The van der Waals surface area contributed by atoms with Gasteiger partial charge in [-0.3, -0.25) is 14.9 Å². The number of benzene rings is 4. The molecule has 194 valence electrons. The van der Waals surface area contributed by atoms with Crippen LogP contribution in [0.5, 0.6) is 5.75 Å². The number of allylic oxidation sites excluding steroid dienone is 1. The average Bonchev–Trinajstić information content (AvgIpc) is 2.92. The highest BCUT2D eigenvalue weighted by atomic mass is 35.5. The third kappa shape index (κ3) is 5.33. The summed E-state index contributed by atoms with van der Waals surface area (Å²) < 4.78 is 6.20. The minimum absolute atomic E-state index is 0.166. The Kier molecular flexibility index (Phi) is 7.30. The molecule has 7 heteroatoms. The van der Waals surface area contributed by atoms with Gasteiger partial charge in [0.25, 0.3) is 11.8 Å². The van der Waals surface area contributed by atoms with Gasteiger partial charge in [0.15, 0.2) is 0 Å². The molecular formula is C32H25ClN2O4. The first-order chi connectivity index (χ1) is 18.9. The van der Waals surface area contributed by atoms with Gasteiger partial charge in [-0.25, -0.2) is 9.69 Å². The smallest absolute Gasteiger partial charge is 0.335 e. The van der Waals surface area contributed by atoms with Crippen LogP contribution in [0.4, 0.5) is 10.5 Å². The van der Waals surface area contributed by atoms with Gasteiger partial charge >= 0.3 is 6.03 Å². The lowest BCUT2D eigenvalue weighted by atomic mass is 10.0. The molecule has 5 rings (SSSR count). The molecule has 4 aromatic carbocycles. The summed E-state index contributed by atoms with van der Waals surface area (Å²) in [6.45, 7) is 6.04. The predicted octanol–water partition coefficient (Wildman–Crippen LogP) is 6.78. The fourth-order valence-corrected chi connectivity index (χ4v) is 4.67. The number of hydrogen-bond acceptors (Lipinski definition) is 4. The minimum atomic E-state index is -0.827. The number of hydrogen-bond donors (Lipinski definition) is 1. The normalized spacial score (nSPS) is 14.6. The fourth-order valence-electron chi connectivity index (χ4n) is 4.50. The van der Waals surface area contributed by atoms with Gasteiger partial charge in [-0.2, -0.15) is 0 Å². The van der Waals surface area contributed by atoms with Crippen LogP contribution >= 0.6 is 11.6 Å². The molecule has 0 aromatic heterocycles. The lowest BCUT2D eigenvalue weighted by Gasteiger charge is -2.26. The van der Waals surface area contributed by atoms with Gasteiger partial charge in [-0.1, -0.05) is 72.3 Å². The highest BCUT2D eigenvalue weighted by Crippen LogP contribution is 2.29. The fraction of sp³-hybridized carbons (Fsp3) is 0.0938. The maximum absolute atomic E-state index is 13.3. The lowest BCUT2D eigenvalue weighted by Crippen LogP contribution is -2.54. The van der Waals surface area contributed by atoms with E-state index in [-0.39, 0.29) is 11.3 Å². The molecule has 4 aromatic rings. The summed E-state index contributed by atoms with van der Waals surface area (Å²) in [5.74, 6) is -0.818. The molecule has 0 aliphatic carbocycles. The largest absolute Gasteiger partial charge is 0.489 e. The number of rotatable bonds is 7. The molecule has 0 spiro atoms. The molecule has 0 atom stereocenters. The van der Waals surface area contributed by atoms with Crippen LogP contribution in [0, 0.1) is 6.92 Å². The number of aryl methyl sites for hydroxylation is 1. The van der Waals surface area contributed by atoms with Crippen LogP contribution in [-0.2, 0) is 22.6 Å². The van der Waals surface area contributed by atoms with Crippen molar-refractivity contribution >= 4 is 52.0 Å². The van der Waals surface area contributed by atoms with Crippen molar-refractivity contribution in [3.05, 3.63) is 124 Å². The molecule has 39 heavy (non-hydrogen) atoms. The third-order valence-corrected chi connectivity index (χ3v) is 6.95. The molecule has 1 aliphatic rings. The van der Waals surface area contributed by atoms with Crippen LogP contribution < -0.4 is 15.0 Å². The Morgan fingerprint density at radius 1 is 0.949 bits per heavy atom. The van der Waals surface area contributed by atoms with Crippen LogP contribution in [-0.4, -0.2) is 17.8 Å². The number of fused-ring (bicyclic) bond motifs is 1. The summed E-state index contributed by atoms with van der Waals surface area (Å²) in [7, 11) is 0. The van der Waals surface area contributed by atoms with Crippen LogP contribution in [0.3, 0.4) is 0 Å². The second-order valence-electron chi connectivity index (χ2n) is 9.18. The first-order valence-corrected chi connectivity index (χ1v) is 12.7. The van der Waals surface area contributed by atoms with Crippen molar-refractivity contribution in [2.45, 2.75) is 20.0 Å². The summed E-state index contributed by atoms with van der Waals surface area (Å²) in [4.78, 5) is 39.4. The maximum atomic E-state index is 13.3. The highest BCUT2D eigenvalue weighted by Gasteiger charge is 2.37. The number of ether oxygens (including phenoxy) is 1. The summed E-state index contributed by atoms with van der Waals surface area (Å²) in [5, 5.41) is 4.92. The molecule has 0 radical (unpaired) electrons. The van der Waals surface area contributed by atoms with E-state index in [2.05, 4.69) is 30.1 Å². The van der Waals surface area contributed by atoms with E-state index in [4.69, 9.17) is 16.3 Å². The Morgan fingerprint density at radius 2 is 1.74 bits per heavy atom. The monoisotopic (exact) mass is 536 g/mol. The summed E-state index contributed by atoms with van der Waals surface area (Å²) in [6.07, 6.45) is 3.75. The zero-order valence-corrected chi connectivity index (χ0v) is 22.0. The molecule has 1 N–H and O–H groups in total. The summed E-state index contributed by atoms with van der Waals surface area (Å²) in [5.41, 5.74) is 3.43. The Balaban J connectivity index is 1.43. The van der Waals surface area contributed by atoms with E-state index in [0.29, 0.717) is 29.4 Å². The first kappa shape index (κ1) is 25.9. The van der Waals surface area contributed by atoms with Gasteiger partial charge in [0.05, 0.1) is 5.69 Å². The van der Waals surface area contributed by atoms with E-state index in [1.807, 2.05) is 43.3 Å². The number of carbonyl (C=O) groups is 3. The van der Waals surface area contributed by atoms with E-state index in [1.165, 1.54) is 12.1 Å². The number of urea groups is 1. The molecule has 1 heterocycles. The molecular weight excluding hydrogens is 512 g/mol. The molecule has 0 bridgehead atoms. The second kappa shape index (κ2) is 11.0. The van der Waals surface area contributed by atoms with Gasteiger partial charge < -0.3 is 4.74 Å². The van der Waals surface area contributed by atoms with Gasteiger partial charge in [-0.15, -0.1) is 6.58 Å². The number of amides is 4. The SMILES string of the molecule is C=CCc1cc(/C=C2/C(=O)NC(=O)N(c3ccc(C)c(Cl)c3)C2=O)ccc1OCc1cccc2ccccc12. The summed E-state index contributed by atoms with van der Waals surface area (Å²) in [6, 6.07) is 23.7. The van der Waals surface area contributed by atoms with Crippen molar-refractivity contribution in [1.82, 2.24) is 5.32 Å². The van der Waals surface area contributed by atoms with E-state index < -0.39 is 17.8 Å². The first-order valence-electron chi connectivity index (χ1n) is 12.4. The van der Waals surface area contributed by atoms with E-state index >= 15 is 0 Å². The molecule has 1 saturated heterocycles. The number of barbiturate groups is 1. The van der Waals surface area contributed by atoms with Crippen molar-refractivity contribution < 1.29 is 19.1 Å². The predicted molar refractivity (Wildman–Crippen MR) is 154 cm³/mol. The van der Waals surface area contributed by atoms with Crippen molar-refractivity contribution in [2.75, 3.05) is 4.90 Å². The van der Waals surface area contributed by atoms with Crippen LogP contribution in [0.25, 0.3) is 16.8 Å². The lowest BCUT2D eigenvalue weighted by molar-refractivity contribution is -0.122. The molecule has 1 aliphatic heterocycles. The topological polar surface area (TPSA) is 75.7 Å². The number of imide groups is 2. The van der Waals surface area contributed by atoms with Crippen LogP contribution in [0.15, 0.2) is 97.1 Å². The standard InChI is InChI=1S/C32H25ClN2O4/c1-3-7-23-16-21(13-15-29(23)39-19-24-10-6-9-22-8-4-5-11-26(22)24)17-27-30(36)34-32(38)35(31(27)37)25-14-12-20(2)28(33)18-25/h3-6,8-18H,1,7,19H2,2H3,(H,34,36,38)/b27-17-. The van der Waals surface area contributed by atoms with Gasteiger partial charge in [0.2, 0.25) is 0 Å². The number of nitrogens with one attached hydrogen (secondary N) is 1. The van der Waals surface area contributed by atoms with Gasteiger partial charge in [-0.05, 0) is 76.7 Å². The molecule has 0 unspecified atom stereocenters. The summed E-state index contributed by atoms with van der Waals surface area (Å²) >= 11 is 6.21. The van der Waals surface area contributed by atoms with Crippen LogP contribution in [0.2, 0.25) is 5.02 Å². The van der Waals surface area contributed by atoms with Crippen LogP contribution in [0.1, 0.15) is 22.3 Å². The number of halogens is 1. The molecule has 0 saturated carbocycles. The third-order valence-electron chi connectivity index (χ3n) is 6.54. The average molecular weight is 537 g/mol. The maximum Gasteiger partial charge on any atom is 0.335 e. The highest BCUT2D eigenvalue weighted by molar-refractivity contribution is 6.39. The quantitative estimate of drug-likeness (QED) is 0.160. The second-order valence-corrected chi connectivity index (χ2v) is 9.59. The van der Waals surface area contributed by atoms with Crippen molar-refractivity contribution in [3.63, 3.8) is 0 Å². The van der Waals surface area contributed by atoms with Crippen molar-refractivity contribution in [1.29, 1.82) is 0 Å². The molecule has 1 fully saturated rings. The van der Waals surface area contributed by atoms with Crippen molar-refractivity contribution in [3.8, 4) is 5.75 Å².